The molecule has 9 heteroatoms. The first-order valence-electron chi connectivity index (χ1n) is 9.85. The van der Waals surface area contributed by atoms with Gasteiger partial charge in [0.05, 0.1) is 40.3 Å². The largest absolute Gasteiger partial charge is 0.416 e. The molecule has 5 rings (SSSR count). The molecule has 0 saturated heterocycles. The molecule has 1 N–H and O–H groups in total. The van der Waals surface area contributed by atoms with Crippen LogP contribution in [0.3, 0.4) is 0 Å². The normalized spacial score (nSPS) is 15.0. The number of hydrogen-bond donors (Lipinski definition) is 1. The Hall–Kier alpha value is -3.75. The maximum Gasteiger partial charge on any atom is 0.416 e. The molecule has 0 bridgehead atoms. The SMILES string of the molecule is O=C(NC1(c2cccc(C(F)(F)F)c2)CC1)c1cncc2c1cnn2-c1ccc(F)cc1. The van der Waals surface area contributed by atoms with Crippen molar-refractivity contribution in [3.8, 4) is 5.69 Å². The van der Waals surface area contributed by atoms with E-state index in [0.29, 0.717) is 35.0 Å². The maximum absolute atomic E-state index is 13.2. The highest BCUT2D eigenvalue weighted by molar-refractivity contribution is 6.06. The molecule has 2 aromatic heterocycles. The fourth-order valence-corrected chi connectivity index (χ4v) is 3.80. The average molecular weight is 440 g/mol. The summed E-state index contributed by atoms with van der Waals surface area (Å²) in [5.74, 6) is -0.829. The van der Waals surface area contributed by atoms with E-state index in [9.17, 15) is 22.4 Å². The molecule has 0 unspecified atom stereocenters. The molecule has 162 valence electrons. The highest BCUT2D eigenvalue weighted by Crippen LogP contribution is 2.47. The van der Waals surface area contributed by atoms with E-state index < -0.39 is 23.2 Å². The lowest BCUT2D eigenvalue weighted by Crippen LogP contribution is -2.35. The van der Waals surface area contributed by atoms with E-state index in [1.165, 1.54) is 35.3 Å². The molecule has 0 aliphatic heterocycles. The summed E-state index contributed by atoms with van der Waals surface area (Å²) in [6.07, 6.45) is 1.08. The lowest BCUT2D eigenvalue weighted by Gasteiger charge is -2.19. The molecule has 32 heavy (non-hydrogen) atoms. The third kappa shape index (κ3) is 3.49. The second-order valence-electron chi connectivity index (χ2n) is 7.77. The Morgan fingerprint density at radius 3 is 2.47 bits per heavy atom. The molecule has 5 nitrogen and oxygen atoms in total. The van der Waals surface area contributed by atoms with Crippen molar-refractivity contribution in [1.82, 2.24) is 20.1 Å². The van der Waals surface area contributed by atoms with Gasteiger partial charge < -0.3 is 5.32 Å². The fraction of sp³-hybridized carbons (Fsp3) is 0.174. The first-order valence-corrected chi connectivity index (χ1v) is 9.85. The molecule has 0 radical (unpaired) electrons. The van der Waals surface area contributed by atoms with E-state index in [2.05, 4.69) is 15.4 Å². The second-order valence-corrected chi connectivity index (χ2v) is 7.77. The summed E-state index contributed by atoms with van der Waals surface area (Å²) >= 11 is 0. The van der Waals surface area contributed by atoms with Gasteiger partial charge in [0.25, 0.3) is 5.91 Å². The Balaban J connectivity index is 1.47. The lowest BCUT2D eigenvalue weighted by atomic mass is 10.0. The number of halogens is 4. The van der Waals surface area contributed by atoms with Crippen molar-refractivity contribution < 1.29 is 22.4 Å². The van der Waals surface area contributed by atoms with E-state index in [1.54, 1.807) is 24.4 Å². The Kier molecular flexibility index (Phi) is 4.51. The van der Waals surface area contributed by atoms with Crippen LogP contribution in [-0.4, -0.2) is 20.7 Å². The van der Waals surface area contributed by atoms with Gasteiger partial charge in [-0.1, -0.05) is 12.1 Å². The highest BCUT2D eigenvalue weighted by atomic mass is 19.4. The molecule has 2 heterocycles. The first-order chi connectivity index (χ1) is 15.3. The molecule has 1 aliphatic rings. The van der Waals surface area contributed by atoms with E-state index in [4.69, 9.17) is 0 Å². The van der Waals surface area contributed by atoms with Crippen LogP contribution in [0.5, 0.6) is 0 Å². The molecule has 0 atom stereocenters. The highest BCUT2D eigenvalue weighted by Gasteiger charge is 2.47. The molecule has 2 aromatic carbocycles. The Labute approximate surface area is 179 Å². The molecule has 1 fully saturated rings. The third-order valence-electron chi connectivity index (χ3n) is 5.66. The zero-order valence-corrected chi connectivity index (χ0v) is 16.5. The predicted octanol–water partition coefficient (Wildman–Crippen LogP) is 5.00. The van der Waals surface area contributed by atoms with E-state index in [0.717, 1.165) is 12.1 Å². The monoisotopic (exact) mass is 440 g/mol. The van der Waals surface area contributed by atoms with E-state index in [-0.39, 0.29) is 11.4 Å². The Bertz CT molecular complexity index is 1320. The summed E-state index contributed by atoms with van der Waals surface area (Å²) in [6, 6.07) is 10.8. The van der Waals surface area contributed by atoms with Crippen LogP contribution in [0.4, 0.5) is 17.6 Å². The van der Waals surface area contributed by atoms with Crippen LogP contribution in [0, 0.1) is 5.82 Å². The number of carbonyl (C=O) groups excluding carboxylic acids is 1. The van der Waals surface area contributed by atoms with Gasteiger partial charge in [-0.25, -0.2) is 9.07 Å². The fourth-order valence-electron chi connectivity index (χ4n) is 3.80. The number of carbonyl (C=O) groups is 1. The van der Waals surface area contributed by atoms with Gasteiger partial charge in [0.15, 0.2) is 0 Å². The number of benzene rings is 2. The maximum atomic E-state index is 13.2. The number of hydrogen-bond acceptors (Lipinski definition) is 3. The number of nitrogens with one attached hydrogen (secondary N) is 1. The van der Waals surface area contributed by atoms with Gasteiger partial charge in [-0.15, -0.1) is 0 Å². The number of fused-ring (bicyclic) bond motifs is 1. The molecule has 1 amide bonds. The number of rotatable bonds is 4. The standard InChI is InChI=1S/C23H16F4N4O/c24-16-4-6-17(7-5-16)31-20-13-28-11-19(18(20)12-29-31)21(32)30-22(8-9-22)14-2-1-3-15(10-14)23(25,26)27/h1-7,10-13H,8-9H2,(H,30,32). The van der Waals surface area contributed by atoms with Crippen molar-refractivity contribution >= 4 is 16.8 Å². The summed E-state index contributed by atoms with van der Waals surface area (Å²) in [7, 11) is 0. The van der Waals surface area contributed by atoms with Crippen molar-refractivity contribution in [2.75, 3.05) is 0 Å². The van der Waals surface area contributed by atoms with Crippen LogP contribution in [0.15, 0.2) is 67.1 Å². The molecule has 0 spiro atoms. The number of amides is 1. The smallest absolute Gasteiger partial charge is 0.342 e. The van der Waals surface area contributed by atoms with Gasteiger partial charge in [-0.2, -0.15) is 18.3 Å². The molecule has 1 aliphatic carbocycles. The molecule has 4 aromatic rings. The number of pyridine rings is 1. The van der Waals surface area contributed by atoms with Gasteiger partial charge in [-0.05, 0) is 54.8 Å². The minimum absolute atomic E-state index is 0.258. The molecular formula is C23H16F4N4O. The summed E-state index contributed by atoms with van der Waals surface area (Å²) in [5.41, 5.74) is 0.237. The summed E-state index contributed by atoms with van der Waals surface area (Å²) in [4.78, 5) is 17.2. The molecule has 1 saturated carbocycles. The van der Waals surface area contributed by atoms with Gasteiger partial charge in [-0.3, -0.25) is 9.78 Å². The van der Waals surface area contributed by atoms with Crippen molar-refractivity contribution in [2.24, 2.45) is 0 Å². The van der Waals surface area contributed by atoms with Crippen molar-refractivity contribution in [3.63, 3.8) is 0 Å². The van der Waals surface area contributed by atoms with Crippen LogP contribution < -0.4 is 5.32 Å². The summed E-state index contributed by atoms with van der Waals surface area (Å²) < 4.78 is 54.1. The summed E-state index contributed by atoms with van der Waals surface area (Å²) in [5, 5.41) is 7.72. The summed E-state index contributed by atoms with van der Waals surface area (Å²) in [6.45, 7) is 0. The zero-order valence-electron chi connectivity index (χ0n) is 16.5. The van der Waals surface area contributed by atoms with Crippen LogP contribution in [0.25, 0.3) is 16.6 Å². The minimum atomic E-state index is -4.46. The zero-order chi connectivity index (χ0) is 22.5. The predicted molar refractivity (Wildman–Crippen MR) is 109 cm³/mol. The van der Waals surface area contributed by atoms with Crippen LogP contribution >= 0.6 is 0 Å². The quantitative estimate of drug-likeness (QED) is 0.455. The number of alkyl halides is 3. The van der Waals surface area contributed by atoms with Crippen LogP contribution in [-0.2, 0) is 11.7 Å². The van der Waals surface area contributed by atoms with Crippen LogP contribution in [0.2, 0.25) is 0 Å². The number of nitrogens with zero attached hydrogens (tertiary/aromatic N) is 3. The topological polar surface area (TPSA) is 59.8 Å². The Morgan fingerprint density at radius 1 is 1.03 bits per heavy atom. The van der Waals surface area contributed by atoms with Crippen molar-refractivity contribution in [1.29, 1.82) is 0 Å². The second kappa shape index (κ2) is 7.15. The average Bonchev–Trinajstić information content (AvgIpc) is 3.43. The molecular weight excluding hydrogens is 424 g/mol. The van der Waals surface area contributed by atoms with Gasteiger partial charge >= 0.3 is 6.18 Å². The first kappa shape index (κ1) is 20.2. The van der Waals surface area contributed by atoms with Gasteiger partial charge in [0, 0.05) is 11.6 Å². The van der Waals surface area contributed by atoms with E-state index in [1.807, 2.05) is 0 Å². The van der Waals surface area contributed by atoms with E-state index >= 15 is 0 Å². The third-order valence-corrected chi connectivity index (χ3v) is 5.66. The van der Waals surface area contributed by atoms with Gasteiger partial charge in [0.1, 0.15) is 5.82 Å². The lowest BCUT2D eigenvalue weighted by molar-refractivity contribution is -0.137. The minimum Gasteiger partial charge on any atom is -0.342 e. The van der Waals surface area contributed by atoms with Crippen molar-refractivity contribution in [2.45, 2.75) is 24.6 Å². The van der Waals surface area contributed by atoms with Crippen molar-refractivity contribution in [3.05, 3.63) is 89.6 Å². The van der Waals surface area contributed by atoms with Crippen LogP contribution in [0.1, 0.15) is 34.3 Å². The number of aromatic nitrogens is 3. The Morgan fingerprint density at radius 2 is 1.78 bits per heavy atom. The van der Waals surface area contributed by atoms with Gasteiger partial charge in [0.2, 0.25) is 0 Å².